The standard InChI is InChI=1S/C18H19NO3/c20-18(22-13-15-7-3-1-4-8-15)19-11-12-21-14-17(19)16-9-5-2-6-10-16/h1-10,17H,11-14H2. The van der Waals surface area contributed by atoms with Crippen LogP contribution in [0, 0.1) is 0 Å². The highest BCUT2D eigenvalue weighted by molar-refractivity contribution is 5.68. The number of rotatable bonds is 3. The molecule has 0 aromatic heterocycles. The first kappa shape index (κ1) is 14.6. The van der Waals surface area contributed by atoms with Crippen LogP contribution in [0.4, 0.5) is 4.79 Å². The van der Waals surface area contributed by atoms with Gasteiger partial charge in [-0.2, -0.15) is 0 Å². The Kier molecular flexibility index (Phi) is 4.71. The molecule has 1 atom stereocenters. The van der Waals surface area contributed by atoms with E-state index in [0.717, 1.165) is 11.1 Å². The molecular weight excluding hydrogens is 278 g/mol. The summed E-state index contributed by atoms with van der Waals surface area (Å²) >= 11 is 0. The summed E-state index contributed by atoms with van der Waals surface area (Å²) in [4.78, 5) is 14.2. The number of carbonyl (C=O) groups is 1. The minimum absolute atomic E-state index is 0.0850. The lowest BCUT2D eigenvalue weighted by Crippen LogP contribution is -2.43. The third-order valence-corrected chi connectivity index (χ3v) is 3.75. The third kappa shape index (κ3) is 3.46. The van der Waals surface area contributed by atoms with Crippen LogP contribution in [0.5, 0.6) is 0 Å². The molecule has 4 heteroatoms. The molecule has 1 aliphatic heterocycles. The molecule has 114 valence electrons. The summed E-state index contributed by atoms with van der Waals surface area (Å²) < 4.78 is 11.0. The topological polar surface area (TPSA) is 38.8 Å². The van der Waals surface area contributed by atoms with Crippen LogP contribution in [-0.2, 0) is 16.1 Å². The number of morpholine rings is 1. The number of ether oxygens (including phenoxy) is 2. The molecular formula is C18H19NO3. The average molecular weight is 297 g/mol. The second kappa shape index (κ2) is 7.09. The lowest BCUT2D eigenvalue weighted by molar-refractivity contribution is -0.0116. The Morgan fingerprint density at radius 1 is 1.09 bits per heavy atom. The fourth-order valence-electron chi connectivity index (χ4n) is 2.58. The summed E-state index contributed by atoms with van der Waals surface area (Å²) in [5.74, 6) is 0. The van der Waals surface area contributed by atoms with Gasteiger partial charge in [0.25, 0.3) is 0 Å². The van der Waals surface area contributed by atoms with E-state index in [-0.39, 0.29) is 12.1 Å². The number of nitrogens with zero attached hydrogens (tertiary/aromatic N) is 1. The normalized spacial score (nSPS) is 18.0. The first-order chi connectivity index (χ1) is 10.8. The fraction of sp³-hybridized carbons (Fsp3) is 0.278. The summed E-state index contributed by atoms with van der Waals surface area (Å²) in [6.07, 6.45) is -0.291. The van der Waals surface area contributed by atoms with Crippen molar-refractivity contribution >= 4 is 6.09 Å². The van der Waals surface area contributed by atoms with Gasteiger partial charge in [-0.15, -0.1) is 0 Å². The van der Waals surface area contributed by atoms with E-state index in [0.29, 0.717) is 26.4 Å². The lowest BCUT2D eigenvalue weighted by atomic mass is 10.1. The van der Waals surface area contributed by atoms with Crippen LogP contribution in [0.25, 0.3) is 0 Å². The van der Waals surface area contributed by atoms with E-state index < -0.39 is 0 Å². The Morgan fingerprint density at radius 2 is 1.77 bits per heavy atom. The Balaban J connectivity index is 1.66. The molecule has 4 nitrogen and oxygen atoms in total. The summed E-state index contributed by atoms with van der Waals surface area (Å²) in [5, 5.41) is 0. The number of benzene rings is 2. The Bertz CT molecular complexity index is 600. The van der Waals surface area contributed by atoms with Crippen molar-refractivity contribution in [2.75, 3.05) is 19.8 Å². The summed E-state index contributed by atoms with van der Waals surface area (Å²) in [5.41, 5.74) is 2.05. The fourth-order valence-corrected chi connectivity index (χ4v) is 2.58. The highest BCUT2D eigenvalue weighted by atomic mass is 16.6. The van der Waals surface area contributed by atoms with Crippen LogP contribution in [-0.4, -0.2) is 30.8 Å². The highest BCUT2D eigenvalue weighted by Gasteiger charge is 2.29. The van der Waals surface area contributed by atoms with E-state index in [4.69, 9.17) is 9.47 Å². The summed E-state index contributed by atoms with van der Waals surface area (Å²) in [6, 6.07) is 19.5. The van der Waals surface area contributed by atoms with Crippen LogP contribution in [0.1, 0.15) is 17.2 Å². The van der Waals surface area contributed by atoms with E-state index in [9.17, 15) is 4.79 Å². The van der Waals surface area contributed by atoms with E-state index >= 15 is 0 Å². The molecule has 2 aromatic carbocycles. The first-order valence-electron chi connectivity index (χ1n) is 7.44. The molecule has 0 spiro atoms. The van der Waals surface area contributed by atoms with Crippen LogP contribution >= 0.6 is 0 Å². The van der Waals surface area contributed by atoms with E-state index in [2.05, 4.69) is 0 Å². The van der Waals surface area contributed by atoms with Gasteiger partial charge in [0.15, 0.2) is 0 Å². The van der Waals surface area contributed by atoms with Gasteiger partial charge in [0, 0.05) is 6.54 Å². The van der Waals surface area contributed by atoms with Crippen LogP contribution < -0.4 is 0 Å². The van der Waals surface area contributed by atoms with Gasteiger partial charge in [0.1, 0.15) is 6.61 Å². The molecule has 0 aliphatic carbocycles. The monoisotopic (exact) mass is 297 g/mol. The molecule has 1 unspecified atom stereocenters. The van der Waals surface area contributed by atoms with Gasteiger partial charge in [-0.05, 0) is 11.1 Å². The molecule has 1 fully saturated rings. The smallest absolute Gasteiger partial charge is 0.410 e. The molecule has 22 heavy (non-hydrogen) atoms. The van der Waals surface area contributed by atoms with Crippen molar-refractivity contribution in [1.29, 1.82) is 0 Å². The van der Waals surface area contributed by atoms with Crippen molar-refractivity contribution < 1.29 is 14.3 Å². The SMILES string of the molecule is O=C(OCc1ccccc1)N1CCOCC1c1ccccc1. The predicted octanol–water partition coefficient (Wildman–Crippen LogP) is 3.40. The molecule has 1 aliphatic rings. The van der Waals surface area contributed by atoms with E-state index in [1.165, 1.54) is 0 Å². The quantitative estimate of drug-likeness (QED) is 0.871. The number of hydrogen-bond acceptors (Lipinski definition) is 3. The van der Waals surface area contributed by atoms with Crippen molar-refractivity contribution in [3.63, 3.8) is 0 Å². The molecule has 0 saturated carbocycles. The van der Waals surface area contributed by atoms with Gasteiger partial charge in [-0.3, -0.25) is 4.90 Å². The maximum absolute atomic E-state index is 12.4. The molecule has 2 aromatic rings. The zero-order valence-electron chi connectivity index (χ0n) is 12.4. The lowest BCUT2D eigenvalue weighted by Gasteiger charge is -2.35. The van der Waals surface area contributed by atoms with Gasteiger partial charge < -0.3 is 9.47 Å². The molecule has 0 bridgehead atoms. The minimum atomic E-state index is -0.291. The van der Waals surface area contributed by atoms with Gasteiger partial charge in [-0.25, -0.2) is 4.79 Å². The second-order valence-corrected chi connectivity index (χ2v) is 5.23. The van der Waals surface area contributed by atoms with E-state index in [1.54, 1.807) is 4.90 Å². The van der Waals surface area contributed by atoms with E-state index in [1.807, 2.05) is 60.7 Å². The number of amides is 1. The number of carbonyl (C=O) groups excluding carboxylic acids is 1. The van der Waals surface area contributed by atoms with Crippen molar-refractivity contribution in [2.45, 2.75) is 12.6 Å². The van der Waals surface area contributed by atoms with Crippen molar-refractivity contribution in [1.82, 2.24) is 4.90 Å². The van der Waals surface area contributed by atoms with Crippen LogP contribution in [0.2, 0.25) is 0 Å². The molecule has 1 heterocycles. The Morgan fingerprint density at radius 3 is 2.50 bits per heavy atom. The van der Waals surface area contributed by atoms with Gasteiger partial charge in [0.2, 0.25) is 0 Å². The van der Waals surface area contributed by atoms with Crippen molar-refractivity contribution in [3.8, 4) is 0 Å². The van der Waals surface area contributed by atoms with Gasteiger partial charge in [0.05, 0.1) is 19.3 Å². The van der Waals surface area contributed by atoms with Crippen molar-refractivity contribution in [3.05, 3.63) is 71.8 Å². The maximum atomic E-state index is 12.4. The van der Waals surface area contributed by atoms with Gasteiger partial charge >= 0.3 is 6.09 Å². The number of hydrogen-bond donors (Lipinski definition) is 0. The molecule has 0 N–H and O–H groups in total. The zero-order chi connectivity index (χ0) is 15.2. The summed E-state index contributed by atoms with van der Waals surface area (Å²) in [6.45, 7) is 1.89. The predicted molar refractivity (Wildman–Crippen MR) is 83.3 cm³/mol. The Hall–Kier alpha value is -2.33. The summed E-state index contributed by atoms with van der Waals surface area (Å²) in [7, 11) is 0. The molecule has 1 saturated heterocycles. The zero-order valence-corrected chi connectivity index (χ0v) is 12.4. The van der Waals surface area contributed by atoms with Crippen LogP contribution in [0.15, 0.2) is 60.7 Å². The Labute approximate surface area is 130 Å². The van der Waals surface area contributed by atoms with Crippen LogP contribution in [0.3, 0.4) is 0 Å². The second-order valence-electron chi connectivity index (χ2n) is 5.23. The highest BCUT2D eigenvalue weighted by Crippen LogP contribution is 2.24. The largest absolute Gasteiger partial charge is 0.445 e. The van der Waals surface area contributed by atoms with Gasteiger partial charge in [-0.1, -0.05) is 60.7 Å². The third-order valence-electron chi connectivity index (χ3n) is 3.75. The van der Waals surface area contributed by atoms with Crippen molar-refractivity contribution in [2.24, 2.45) is 0 Å². The average Bonchev–Trinajstić information content (AvgIpc) is 2.61. The minimum Gasteiger partial charge on any atom is -0.445 e. The molecule has 3 rings (SSSR count). The molecule has 1 amide bonds. The molecule has 0 radical (unpaired) electrons. The maximum Gasteiger partial charge on any atom is 0.410 e. The first-order valence-corrected chi connectivity index (χ1v) is 7.44.